The van der Waals surface area contributed by atoms with Gasteiger partial charge in [-0.15, -0.1) is 0 Å². The molecule has 2 aliphatic rings. The summed E-state index contributed by atoms with van der Waals surface area (Å²) in [5.74, 6) is -1.68. The summed E-state index contributed by atoms with van der Waals surface area (Å²) < 4.78 is 11.0. The van der Waals surface area contributed by atoms with E-state index in [1.165, 1.54) is 6.92 Å². The van der Waals surface area contributed by atoms with Gasteiger partial charge in [0.2, 0.25) is 0 Å². The number of hydrogen-bond donors (Lipinski definition) is 2. The summed E-state index contributed by atoms with van der Waals surface area (Å²) in [4.78, 5) is 26.7. The van der Waals surface area contributed by atoms with Crippen molar-refractivity contribution in [3.8, 4) is 0 Å². The third kappa shape index (κ3) is 4.25. The maximum atomic E-state index is 12.4. The van der Waals surface area contributed by atoms with Gasteiger partial charge >= 0.3 is 11.9 Å². The highest BCUT2D eigenvalue weighted by Gasteiger charge is 2.47. The second-order valence-corrected chi connectivity index (χ2v) is 7.66. The average Bonchev–Trinajstić information content (AvgIpc) is 3.20. The first kappa shape index (κ1) is 21.6. The number of ether oxygens (including phenoxy) is 2. The quantitative estimate of drug-likeness (QED) is 0.388. The predicted molar refractivity (Wildman–Crippen MR) is 99.8 cm³/mol. The zero-order valence-electron chi connectivity index (χ0n) is 16.8. The van der Waals surface area contributed by atoms with Gasteiger partial charge in [-0.25, -0.2) is 9.59 Å². The normalized spacial score (nSPS) is 26.4. The molecular formula is C20H31NO6. The fourth-order valence-electron chi connectivity index (χ4n) is 3.63. The minimum Gasteiger partial charge on any atom is -0.459 e. The fraction of sp³-hybridized carbons (Fsp3) is 0.700. The molecule has 1 saturated heterocycles. The molecule has 2 rings (SSSR count). The highest BCUT2D eigenvalue weighted by atomic mass is 16.6. The Morgan fingerprint density at radius 1 is 1.41 bits per heavy atom. The molecule has 7 nitrogen and oxygen atoms in total. The molecule has 2 N–H and O–H groups in total. The van der Waals surface area contributed by atoms with E-state index in [1.54, 1.807) is 33.8 Å². The fourth-order valence-corrected chi connectivity index (χ4v) is 3.63. The molecule has 0 aliphatic carbocycles. The Labute approximate surface area is 160 Å². The number of hydrogen-bond acceptors (Lipinski definition) is 7. The summed E-state index contributed by atoms with van der Waals surface area (Å²) in [5.41, 5.74) is -0.542. The largest absolute Gasteiger partial charge is 0.459 e. The lowest BCUT2D eigenvalue weighted by Gasteiger charge is -2.32. The molecule has 1 unspecified atom stereocenters. The highest BCUT2D eigenvalue weighted by Crippen LogP contribution is 2.32. The van der Waals surface area contributed by atoms with E-state index in [2.05, 4.69) is 4.90 Å². The lowest BCUT2D eigenvalue weighted by molar-refractivity contribution is -0.183. The van der Waals surface area contributed by atoms with E-state index in [4.69, 9.17) is 9.47 Å². The summed E-state index contributed by atoms with van der Waals surface area (Å²) in [5, 5.41) is 20.4. The first-order valence-corrected chi connectivity index (χ1v) is 9.47. The van der Waals surface area contributed by atoms with Crippen LogP contribution in [0.5, 0.6) is 0 Å². The molecule has 0 radical (unpaired) electrons. The summed E-state index contributed by atoms with van der Waals surface area (Å²) in [6, 6.07) is -0.120. The van der Waals surface area contributed by atoms with E-state index in [1.807, 2.05) is 6.08 Å². The van der Waals surface area contributed by atoms with Gasteiger partial charge in [0.05, 0.1) is 12.1 Å². The molecule has 2 aliphatic heterocycles. The second-order valence-electron chi connectivity index (χ2n) is 7.66. The van der Waals surface area contributed by atoms with Crippen LogP contribution in [0.25, 0.3) is 0 Å². The number of nitrogens with zero attached hydrogens (tertiary/aromatic N) is 1. The minimum absolute atomic E-state index is 0.00159. The van der Waals surface area contributed by atoms with Crippen LogP contribution in [0, 0.1) is 5.92 Å². The van der Waals surface area contributed by atoms with Crippen molar-refractivity contribution in [1.82, 2.24) is 4.90 Å². The van der Waals surface area contributed by atoms with Gasteiger partial charge in [0.1, 0.15) is 12.7 Å². The lowest BCUT2D eigenvalue weighted by Crippen LogP contribution is -2.53. The number of esters is 2. The lowest BCUT2D eigenvalue weighted by atomic mass is 9.85. The second kappa shape index (κ2) is 8.54. The third-order valence-corrected chi connectivity index (χ3v) is 5.64. The number of rotatable bonds is 7. The predicted octanol–water partition coefficient (Wildman–Crippen LogP) is 1.19. The van der Waals surface area contributed by atoms with Crippen molar-refractivity contribution in [2.45, 2.75) is 64.9 Å². The van der Waals surface area contributed by atoms with Crippen molar-refractivity contribution in [3.63, 3.8) is 0 Å². The van der Waals surface area contributed by atoms with Crippen LogP contribution in [0.1, 0.15) is 41.0 Å². The molecule has 0 spiro atoms. The molecule has 2 heterocycles. The molecule has 0 aromatic carbocycles. The van der Waals surface area contributed by atoms with E-state index in [9.17, 15) is 19.8 Å². The maximum Gasteiger partial charge on any atom is 0.341 e. The summed E-state index contributed by atoms with van der Waals surface area (Å²) in [7, 11) is 0. The standard InChI is InChI=1S/C20H31NO6/c1-6-13(4)18(23)27-16-8-10-21-9-7-15(17(16)21)11-26-19(24)20(25,12(2)3)14(5)22/h6-7,12,14,16-17,22,25H,8-11H2,1-5H3/t14-,16+,17+,20?/m0/s1. The molecule has 0 bridgehead atoms. The Morgan fingerprint density at radius 2 is 2.07 bits per heavy atom. The van der Waals surface area contributed by atoms with Crippen LogP contribution < -0.4 is 0 Å². The molecule has 27 heavy (non-hydrogen) atoms. The molecule has 0 aromatic heterocycles. The van der Waals surface area contributed by atoms with E-state index in [0.29, 0.717) is 12.1 Å². The van der Waals surface area contributed by atoms with E-state index in [-0.39, 0.29) is 24.7 Å². The highest BCUT2D eigenvalue weighted by molar-refractivity contribution is 5.87. The number of carbonyl (C=O) groups is 2. The molecule has 1 fully saturated rings. The number of allylic oxidation sites excluding steroid dienone is 1. The Kier molecular flexibility index (Phi) is 6.83. The van der Waals surface area contributed by atoms with Crippen molar-refractivity contribution >= 4 is 11.9 Å². The Balaban J connectivity index is 2.03. The molecule has 0 amide bonds. The van der Waals surface area contributed by atoms with E-state index in [0.717, 1.165) is 18.5 Å². The van der Waals surface area contributed by atoms with Crippen molar-refractivity contribution in [1.29, 1.82) is 0 Å². The van der Waals surface area contributed by atoms with Crippen LogP contribution in [-0.4, -0.2) is 70.6 Å². The molecular weight excluding hydrogens is 350 g/mol. The van der Waals surface area contributed by atoms with Gasteiger partial charge in [-0.3, -0.25) is 4.90 Å². The molecule has 4 atom stereocenters. The van der Waals surface area contributed by atoms with Crippen LogP contribution >= 0.6 is 0 Å². The van der Waals surface area contributed by atoms with Gasteiger partial charge in [0.25, 0.3) is 0 Å². The number of carbonyl (C=O) groups excluding carboxylic acids is 2. The summed E-state index contributed by atoms with van der Waals surface area (Å²) in [6.07, 6.45) is 2.87. The van der Waals surface area contributed by atoms with Crippen LogP contribution in [0.4, 0.5) is 0 Å². The maximum absolute atomic E-state index is 12.4. The first-order chi connectivity index (χ1) is 12.6. The van der Waals surface area contributed by atoms with Crippen molar-refractivity contribution in [2.75, 3.05) is 19.7 Å². The molecule has 7 heteroatoms. The zero-order chi connectivity index (χ0) is 20.4. The number of aliphatic hydroxyl groups is 2. The average molecular weight is 381 g/mol. The van der Waals surface area contributed by atoms with Gasteiger partial charge in [-0.05, 0) is 38.7 Å². The SMILES string of the molecule is CC=C(C)C(=O)O[C@@H]1CCN2CC=C(COC(=O)C(O)(C(C)C)[C@H](C)O)[C@H]12. The summed E-state index contributed by atoms with van der Waals surface area (Å²) in [6.45, 7) is 9.68. The smallest absolute Gasteiger partial charge is 0.341 e. The summed E-state index contributed by atoms with van der Waals surface area (Å²) >= 11 is 0. The minimum atomic E-state index is -1.95. The van der Waals surface area contributed by atoms with Crippen molar-refractivity contribution in [3.05, 3.63) is 23.3 Å². The third-order valence-electron chi connectivity index (χ3n) is 5.64. The number of fused-ring (bicyclic) bond motifs is 1. The van der Waals surface area contributed by atoms with E-state index >= 15 is 0 Å². The Hall–Kier alpha value is -1.70. The van der Waals surface area contributed by atoms with Gasteiger partial charge in [-0.1, -0.05) is 26.0 Å². The van der Waals surface area contributed by atoms with Gasteiger partial charge in [-0.2, -0.15) is 0 Å². The Bertz CT molecular complexity index is 628. The molecule has 152 valence electrons. The van der Waals surface area contributed by atoms with Crippen LogP contribution in [0.15, 0.2) is 23.3 Å². The van der Waals surface area contributed by atoms with Crippen LogP contribution in [0.2, 0.25) is 0 Å². The van der Waals surface area contributed by atoms with Gasteiger partial charge in [0, 0.05) is 18.7 Å². The van der Waals surface area contributed by atoms with Crippen LogP contribution in [-0.2, 0) is 19.1 Å². The zero-order valence-corrected chi connectivity index (χ0v) is 16.8. The van der Waals surface area contributed by atoms with Gasteiger partial charge in [0.15, 0.2) is 5.60 Å². The van der Waals surface area contributed by atoms with Crippen molar-refractivity contribution < 1.29 is 29.3 Å². The topological polar surface area (TPSA) is 96.3 Å². The Morgan fingerprint density at radius 3 is 2.63 bits per heavy atom. The van der Waals surface area contributed by atoms with E-state index < -0.39 is 23.6 Å². The first-order valence-electron chi connectivity index (χ1n) is 9.47. The van der Waals surface area contributed by atoms with Crippen LogP contribution in [0.3, 0.4) is 0 Å². The van der Waals surface area contributed by atoms with Gasteiger partial charge < -0.3 is 19.7 Å². The monoisotopic (exact) mass is 381 g/mol. The number of aliphatic hydroxyl groups excluding tert-OH is 1. The van der Waals surface area contributed by atoms with Crippen molar-refractivity contribution in [2.24, 2.45) is 5.92 Å². The molecule has 0 aromatic rings. The molecule has 0 saturated carbocycles.